The van der Waals surface area contributed by atoms with Crippen LogP contribution in [0.2, 0.25) is 0 Å². The van der Waals surface area contributed by atoms with Gasteiger partial charge in [0.1, 0.15) is 12.4 Å². The van der Waals surface area contributed by atoms with Gasteiger partial charge in [-0.25, -0.2) is 4.79 Å². The fraction of sp³-hybridized carbons (Fsp3) is 0.263. The van der Waals surface area contributed by atoms with E-state index in [4.69, 9.17) is 4.74 Å². The molecule has 6 nitrogen and oxygen atoms in total. The lowest BCUT2D eigenvalue weighted by Gasteiger charge is -2.32. The van der Waals surface area contributed by atoms with Gasteiger partial charge in [-0.1, -0.05) is 30.3 Å². The zero-order valence-electron chi connectivity index (χ0n) is 13.9. The van der Waals surface area contributed by atoms with E-state index in [9.17, 15) is 9.59 Å². The summed E-state index contributed by atoms with van der Waals surface area (Å²) in [5, 5.41) is 2.87. The highest BCUT2D eigenvalue weighted by atomic mass is 16.5. The molecule has 0 bridgehead atoms. The van der Waals surface area contributed by atoms with E-state index in [0.717, 1.165) is 23.4 Å². The Morgan fingerprint density at radius 2 is 1.68 bits per heavy atom. The van der Waals surface area contributed by atoms with Gasteiger partial charge < -0.3 is 19.9 Å². The summed E-state index contributed by atoms with van der Waals surface area (Å²) in [6.45, 7) is 2.74. The van der Waals surface area contributed by atoms with E-state index in [-0.39, 0.29) is 6.03 Å². The maximum absolute atomic E-state index is 12.2. The van der Waals surface area contributed by atoms with Gasteiger partial charge in [-0.05, 0) is 29.8 Å². The first kappa shape index (κ1) is 16.8. The molecule has 1 aliphatic rings. The smallest absolute Gasteiger partial charge is 0.321 e. The third kappa shape index (κ3) is 4.73. The number of carbonyl (C=O) groups excluding carboxylic acids is 2. The second-order valence-corrected chi connectivity index (χ2v) is 5.86. The summed E-state index contributed by atoms with van der Waals surface area (Å²) < 4.78 is 5.73. The Balaban J connectivity index is 1.49. The number of nitrogens with one attached hydrogen (secondary N) is 1. The number of rotatable bonds is 5. The molecule has 0 aliphatic carbocycles. The van der Waals surface area contributed by atoms with Crippen molar-refractivity contribution in [3.05, 3.63) is 60.2 Å². The van der Waals surface area contributed by atoms with Crippen LogP contribution in [-0.2, 0) is 11.4 Å². The van der Waals surface area contributed by atoms with Crippen molar-refractivity contribution < 1.29 is 14.3 Å². The van der Waals surface area contributed by atoms with Crippen LogP contribution in [0.1, 0.15) is 5.56 Å². The lowest BCUT2D eigenvalue weighted by atomic mass is 10.2. The Hall–Kier alpha value is -3.02. The lowest BCUT2D eigenvalue weighted by molar-refractivity contribution is -0.119. The maximum atomic E-state index is 12.2. The van der Waals surface area contributed by atoms with Crippen molar-refractivity contribution in [3.8, 4) is 5.75 Å². The molecule has 0 aromatic heterocycles. The predicted molar refractivity (Wildman–Crippen MR) is 95.4 cm³/mol. The molecule has 1 saturated heterocycles. The summed E-state index contributed by atoms with van der Waals surface area (Å²) in [7, 11) is 0. The minimum atomic E-state index is -0.150. The molecule has 3 amide bonds. The maximum Gasteiger partial charge on any atom is 0.321 e. The number of nitrogens with zero attached hydrogens (tertiary/aromatic N) is 2. The van der Waals surface area contributed by atoms with Gasteiger partial charge in [0, 0.05) is 31.9 Å². The van der Waals surface area contributed by atoms with Crippen LogP contribution in [0.4, 0.5) is 10.5 Å². The van der Waals surface area contributed by atoms with Crippen LogP contribution < -0.4 is 10.1 Å². The Kier molecular flexibility index (Phi) is 5.51. The van der Waals surface area contributed by atoms with Crippen LogP contribution in [0.3, 0.4) is 0 Å². The van der Waals surface area contributed by atoms with Gasteiger partial charge in [0.15, 0.2) is 0 Å². The van der Waals surface area contributed by atoms with Crippen LogP contribution in [0.5, 0.6) is 5.75 Å². The topological polar surface area (TPSA) is 61.9 Å². The molecule has 0 atom stereocenters. The Morgan fingerprint density at radius 3 is 2.32 bits per heavy atom. The Labute approximate surface area is 147 Å². The van der Waals surface area contributed by atoms with Gasteiger partial charge in [0.2, 0.25) is 6.41 Å². The van der Waals surface area contributed by atoms with Crippen molar-refractivity contribution >= 4 is 18.1 Å². The monoisotopic (exact) mass is 339 g/mol. The van der Waals surface area contributed by atoms with Gasteiger partial charge in [-0.3, -0.25) is 4.79 Å². The zero-order valence-corrected chi connectivity index (χ0v) is 13.9. The molecule has 1 heterocycles. The largest absolute Gasteiger partial charge is 0.489 e. The number of hydrogen-bond acceptors (Lipinski definition) is 3. The van der Waals surface area contributed by atoms with Gasteiger partial charge in [-0.2, -0.15) is 0 Å². The van der Waals surface area contributed by atoms with Crippen LogP contribution in [0.25, 0.3) is 0 Å². The van der Waals surface area contributed by atoms with Crippen molar-refractivity contribution in [2.24, 2.45) is 0 Å². The van der Waals surface area contributed by atoms with E-state index in [0.29, 0.717) is 32.8 Å². The second-order valence-electron chi connectivity index (χ2n) is 5.86. The number of amides is 3. The minimum absolute atomic E-state index is 0.150. The fourth-order valence-corrected chi connectivity index (χ4v) is 2.61. The van der Waals surface area contributed by atoms with Crippen molar-refractivity contribution in [2.45, 2.75) is 6.61 Å². The Bertz CT molecular complexity index is 696. The van der Waals surface area contributed by atoms with E-state index >= 15 is 0 Å². The molecule has 0 unspecified atom stereocenters. The normalized spacial score (nSPS) is 14.1. The van der Waals surface area contributed by atoms with Crippen molar-refractivity contribution in [1.82, 2.24) is 9.80 Å². The lowest BCUT2D eigenvalue weighted by Crippen LogP contribution is -2.49. The molecule has 6 heteroatoms. The van der Waals surface area contributed by atoms with Crippen LogP contribution in [-0.4, -0.2) is 48.4 Å². The Morgan fingerprint density at radius 1 is 1.00 bits per heavy atom. The number of hydrogen-bond donors (Lipinski definition) is 1. The zero-order chi connectivity index (χ0) is 17.5. The second kappa shape index (κ2) is 8.19. The fourth-order valence-electron chi connectivity index (χ4n) is 2.61. The number of piperazine rings is 1. The molecule has 0 saturated carbocycles. The number of carbonyl (C=O) groups is 2. The first-order chi connectivity index (χ1) is 12.2. The molecular formula is C19H21N3O3. The molecule has 25 heavy (non-hydrogen) atoms. The summed E-state index contributed by atoms with van der Waals surface area (Å²) in [5.74, 6) is 0.751. The van der Waals surface area contributed by atoms with Gasteiger partial charge in [-0.15, -0.1) is 0 Å². The third-order valence-corrected chi connectivity index (χ3v) is 4.10. The molecule has 1 fully saturated rings. The molecule has 2 aromatic rings. The van der Waals surface area contributed by atoms with E-state index in [1.807, 2.05) is 54.6 Å². The summed E-state index contributed by atoms with van der Waals surface area (Å²) in [6.07, 6.45) is 0.823. The highest BCUT2D eigenvalue weighted by molar-refractivity contribution is 5.89. The molecular weight excluding hydrogens is 318 g/mol. The summed E-state index contributed by atoms with van der Waals surface area (Å²) >= 11 is 0. The van der Waals surface area contributed by atoms with Crippen LogP contribution in [0, 0.1) is 0 Å². The number of urea groups is 1. The number of ether oxygens (including phenoxy) is 1. The SMILES string of the molecule is O=CN1CCN(C(=O)Nc2ccc(OCc3ccccc3)cc2)CC1. The van der Waals surface area contributed by atoms with E-state index in [1.54, 1.807) is 9.80 Å². The van der Waals surface area contributed by atoms with Gasteiger partial charge in [0.25, 0.3) is 0 Å². The minimum Gasteiger partial charge on any atom is -0.489 e. The molecule has 2 aromatic carbocycles. The average Bonchev–Trinajstić information content (AvgIpc) is 2.68. The summed E-state index contributed by atoms with van der Waals surface area (Å²) in [4.78, 5) is 26.3. The van der Waals surface area contributed by atoms with Crippen molar-refractivity contribution in [1.29, 1.82) is 0 Å². The predicted octanol–water partition coefficient (Wildman–Crippen LogP) is 2.57. The van der Waals surface area contributed by atoms with E-state index in [1.165, 1.54) is 0 Å². The van der Waals surface area contributed by atoms with Crippen LogP contribution >= 0.6 is 0 Å². The molecule has 1 aliphatic heterocycles. The highest BCUT2D eigenvalue weighted by Crippen LogP contribution is 2.17. The quantitative estimate of drug-likeness (QED) is 0.852. The standard InChI is InChI=1S/C19H21N3O3/c23-15-21-10-12-22(13-11-21)19(24)20-17-6-8-18(9-7-17)25-14-16-4-2-1-3-5-16/h1-9,15H,10-14H2,(H,20,24). The number of anilines is 1. The average molecular weight is 339 g/mol. The van der Waals surface area contributed by atoms with E-state index < -0.39 is 0 Å². The van der Waals surface area contributed by atoms with Gasteiger partial charge >= 0.3 is 6.03 Å². The molecule has 0 radical (unpaired) electrons. The van der Waals surface area contributed by atoms with Crippen molar-refractivity contribution in [3.63, 3.8) is 0 Å². The summed E-state index contributed by atoms with van der Waals surface area (Å²) in [5.41, 5.74) is 1.82. The summed E-state index contributed by atoms with van der Waals surface area (Å²) in [6, 6.07) is 17.1. The first-order valence-corrected chi connectivity index (χ1v) is 8.26. The molecule has 1 N–H and O–H groups in total. The van der Waals surface area contributed by atoms with Crippen LogP contribution in [0.15, 0.2) is 54.6 Å². The number of benzene rings is 2. The van der Waals surface area contributed by atoms with Gasteiger partial charge in [0.05, 0.1) is 0 Å². The van der Waals surface area contributed by atoms with E-state index in [2.05, 4.69) is 5.32 Å². The molecule has 3 rings (SSSR count). The highest BCUT2D eigenvalue weighted by Gasteiger charge is 2.19. The van der Waals surface area contributed by atoms with Crippen molar-refractivity contribution in [2.75, 3.05) is 31.5 Å². The first-order valence-electron chi connectivity index (χ1n) is 8.26. The third-order valence-electron chi connectivity index (χ3n) is 4.10. The molecule has 130 valence electrons. The molecule has 0 spiro atoms.